The van der Waals surface area contributed by atoms with E-state index in [1.807, 2.05) is 31.2 Å². The van der Waals surface area contributed by atoms with Crippen molar-refractivity contribution in [1.82, 2.24) is 5.32 Å². The van der Waals surface area contributed by atoms with Gasteiger partial charge in [0.1, 0.15) is 0 Å². The molecular weight excluding hydrogens is 236 g/mol. The van der Waals surface area contributed by atoms with Gasteiger partial charge in [-0.05, 0) is 38.4 Å². The lowest BCUT2D eigenvalue weighted by Crippen LogP contribution is -2.37. The summed E-state index contributed by atoms with van der Waals surface area (Å²) in [7, 11) is 0. The molecule has 1 saturated heterocycles. The summed E-state index contributed by atoms with van der Waals surface area (Å²) in [6.07, 6.45) is 2.08. The maximum absolute atomic E-state index is 11.9. The summed E-state index contributed by atoms with van der Waals surface area (Å²) in [6.45, 7) is 3.88. The SMILES string of the molecule is Cc1ccc(NC(=O)C2CCCNC2)cc1.Cl. The molecular formula is C13H19ClN2O. The second kappa shape index (κ2) is 6.62. The van der Waals surface area contributed by atoms with Crippen LogP contribution in [-0.4, -0.2) is 19.0 Å². The molecule has 0 saturated carbocycles. The first kappa shape index (κ1) is 14.0. The average Bonchev–Trinajstić information content (AvgIpc) is 2.33. The van der Waals surface area contributed by atoms with Crippen LogP contribution in [0.4, 0.5) is 5.69 Å². The van der Waals surface area contributed by atoms with Crippen LogP contribution in [0.25, 0.3) is 0 Å². The number of amides is 1. The van der Waals surface area contributed by atoms with Gasteiger partial charge in [-0.1, -0.05) is 17.7 Å². The van der Waals surface area contributed by atoms with Gasteiger partial charge in [0.25, 0.3) is 0 Å². The normalized spacial score (nSPS) is 19.2. The highest BCUT2D eigenvalue weighted by Crippen LogP contribution is 2.14. The van der Waals surface area contributed by atoms with Crippen LogP contribution in [0.3, 0.4) is 0 Å². The van der Waals surface area contributed by atoms with Gasteiger partial charge in [-0.25, -0.2) is 0 Å². The highest BCUT2D eigenvalue weighted by atomic mass is 35.5. The molecule has 0 aliphatic carbocycles. The number of hydrogen-bond donors (Lipinski definition) is 2. The van der Waals surface area contributed by atoms with Crippen molar-refractivity contribution in [2.75, 3.05) is 18.4 Å². The van der Waals surface area contributed by atoms with Gasteiger partial charge in [0.15, 0.2) is 0 Å². The summed E-state index contributed by atoms with van der Waals surface area (Å²) in [6, 6.07) is 7.91. The molecule has 0 spiro atoms. The first-order valence-electron chi connectivity index (χ1n) is 5.84. The zero-order chi connectivity index (χ0) is 11.4. The average molecular weight is 255 g/mol. The van der Waals surface area contributed by atoms with Crippen molar-refractivity contribution in [3.63, 3.8) is 0 Å². The van der Waals surface area contributed by atoms with Crippen molar-refractivity contribution in [2.24, 2.45) is 5.92 Å². The van der Waals surface area contributed by atoms with Gasteiger partial charge in [0, 0.05) is 12.2 Å². The van der Waals surface area contributed by atoms with Crippen molar-refractivity contribution < 1.29 is 4.79 Å². The Morgan fingerprint density at radius 1 is 1.35 bits per heavy atom. The Morgan fingerprint density at radius 3 is 2.65 bits per heavy atom. The summed E-state index contributed by atoms with van der Waals surface area (Å²) < 4.78 is 0. The molecule has 94 valence electrons. The highest BCUT2D eigenvalue weighted by molar-refractivity contribution is 5.92. The molecule has 2 N–H and O–H groups in total. The number of carbonyl (C=O) groups is 1. The highest BCUT2D eigenvalue weighted by Gasteiger charge is 2.20. The van der Waals surface area contributed by atoms with Crippen LogP contribution in [-0.2, 0) is 4.79 Å². The fourth-order valence-electron chi connectivity index (χ4n) is 1.96. The molecule has 1 aliphatic rings. The Kier molecular flexibility index (Phi) is 5.45. The van der Waals surface area contributed by atoms with Crippen molar-refractivity contribution in [3.8, 4) is 0 Å². The first-order chi connectivity index (χ1) is 7.75. The number of piperidine rings is 1. The van der Waals surface area contributed by atoms with E-state index in [1.165, 1.54) is 5.56 Å². The van der Waals surface area contributed by atoms with E-state index in [9.17, 15) is 4.79 Å². The molecule has 1 heterocycles. The van der Waals surface area contributed by atoms with Crippen molar-refractivity contribution in [2.45, 2.75) is 19.8 Å². The summed E-state index contributed by atoms with van der Waals surface area (Å²) in [5.74, 6) is 0.256. The van der Waals surface area contributed by atoms with Crippen molar-refractivity contribution in [3.05, 3.63) is 29.8 Å². The minimum Gasteiger partial charge on any atom is -0.326 e. The van der Waals surface area contributed by atoms with E-state index in [0.717, 1.165) is 31.6 Å². The van der Waals surface area contributed by atoms with Gasteiger partial charge in [0.2, 0.25) is 5.91 Å². The summed E-state index contributed by atoms with van der Waals surface area (Å²) >= 11 is 0. The minimum atomic E-state index is 0. The van der Waals surface area contributed by atoms with E-state index in [2.05, 4.69) is 10.6 Å². The summed E-state index contributed by atoms with van der Waals surface area (Å²) in [4.78, 5) is 11.9. The van der Waals surface area contributed by atoms with Crippen LogP contribution < -0.4 is 10.6 Å². The van der Waals surface area contributed by atoms with E-state index in [4.69, 9.17) is 0 Å². The fraction of sp³-hybridized carbons (Fsp3) is 0.462. The third-order valence-electron chi connectivity index (χ3n) is 2.99. The molecule has 4 heteroatoms. The largest absolute Gasteiger partial charge is 0.326 e. The van der Waals surface area contributed by atoms with E-state index >= 15 is 0 Å². The smallest absolute Gasteiger partial charge is 0.228 e. The minimum absolute atomic E-state index is 0. The van der Waals surface area contributed by atoms with E-state index < -0.39 is 0 Å². The lowest BCUT2D eigenvalue weighted by molar-refractivity contribution is -0.120. The summed E-state index contributed by atoms with van der Waals surface area (Å²) in [5.41, 5.74) is 2.10. The van der Waals surface area contributed by atoms with Crippen molar-refractivity contribution >= 4 is 24.0 Å². The number of carbonyl (C=O) groups excluding carboxylic acids is 1. The molecule has 1 aromatic carbocycles. The van der Waals surface area contributed by atoms with Crippen LogP contribution in [0.2, 0.25) is 0 Å². The fourth-order valence-corrected chi connectivity index (χ4v) is 1.96. The molecule has 1 aromatic rings. The Bertz CT molecular complexity index is 358. The van der Waals surface area contributed by atoms with Crippen LogP contribution in [0.5, 0.6) is 0 Å². The van der Waals surface area contributed by atoms with E-state index in [0.29, 0.717) is 0 Å². The second-order valence-corrected chi connectivity index (χ2v) is 4.40. The Morgan fingerprint density at radius 2 is 2.06 bits per heavy atom. The molecule has 1 atom stereocenters. The molecule has 2 rings (SSSR count). The molecule has 1 unspecified atom stereocenters. The van der Waals surface area contributed by atoms with Gasteiger partial charge in [-0.3, -0.25) is 4.79 Å². The van der Waals surface area contributed by atoms with Gasteiger partial charge in [-0.2, -0.15) is 0 Å². The maximum Gasteiger partial charge on any atom is 0.228 e. The first-order valence-corrected chi connectivity index (χ1v) is 5.84. The topological polar surface area (TPSA) is 41.1 Å². The number of halogens is 1. The standard InChI is InChI=1S/C13H18N2O.ClH/c1-10-4-6-12(7-5-10)15-13(16)11-3-2-8-14-9-11;/h4-7,11,14H,2-3,8-9H2,1H3,(H,15,16);1H. The van der Waals surface area contributed by atoms with Gasteiger partial charge in [0.05, 0.1) is 5.92 Å². The van der Waals surface area contributed by atoms with E-state index in [-0.39, 0.29) is 24.2 Å². The van der Waals surface area contributed by atoms with Gasteiger partial charge >= 0.3 is 0 Å². The van der Waals surface area contributed by atoms with Crippen LogP contribution in [0, 0.1) is 12.8 Å². The predicted octanol–water partition coefficient (Wildman–Crippen LogP) is 2.35. The number of nitrogens with one attached hydrogen (secondary N) is 2. The van der Waals surface area contributed by atoms with E-state index in [1.54, 1.807) is 0 Å². The number of benzene rings is 1. The van der Waals surface area contributed by atoms with Crippen molar-refractivity contribution in [1.29, 1.82) is 0 Å². The third-order valence-corrected chi connectivity index (χ3v) is 2.99. The van der Waals surface area contributed by atoms with Gasteiger partial charge < -0.3 is 10.6 Å². The Balaban J connectivity index is 0.00000144. The lowest BCUT2D eigenvalue weighted by Gasteiger charge is -2.21. The predicted molar refractivity (Wildman–Crippen MR) is 72.7 cm³/mol. The number of anilines is 1. The molecule has 0 bridgehead atoms. The number of rotatable bonds is 2. The zero-order valence-electron chi connectivity index (χ0n) is 10.0. The molecule has 1 fully saturated rings. The lowest BCUT2D eigenvalue weighted by atomic mass is 9.99. The van der Waals surface area contributed by atoms with Crippen LogP contribution in [0.15, 0.2) is 24.3 Å². The number of hydrogen-bond acceptors (Lipinski definition) is 2. The number of aryl methyl sites for hydroxylation is 1. The third kappa shape index (κ3) is 4.02. The van der Waals surface area contributed by atoms with Gasteiger partial charge in [-0.15, -0.1) is 12.4 Å². The van der Waals surface area contributed by atoms with Crippen LogP contribution >= 0.6 is 12.4 Å². The summed E-state index contributed by atoms with van der Waals surface area (Å²) in [5, 5.41) is 6.21. The Hall–Kier alpha value is -1.06. The molecule has 0 radical (unpaired) electrons. The molecule has 0 aromatic heterocycles. The quantitative estimate of drug-likeness (QED) is 0.851. The molecule has 1 amide bonds. The second-order valence-electron chi connectivity index (χ2n) is 4.40. The maximum atomic E-state index is 11.9. The Labute approximate surface area is 108 Å². The molecule has 1 aliphatic heterocycles. The monoisotopic (exact) mass is 254 g/mol. The molecule has 3 nitrogen and oxygen atoms in total. The molecule has 17 heavy (non-hydrogen) atoms. The zero-order valence-corrected chi connectivity index (χ0v) is 10.8. The van der Waals surface area contributed by atoms with Crippen LogP contribution in [0.1, 0.15) is 18.4 Å².